The fourth-order valence-corrected chi connectivity index (χ4v) is 2.63. The Morgan fingerprint density at radius 1 is 1.06 bits per heavy atom. The van der Waals surface area contributed by atoms with E-state index in [0.717, 1.165) is 0 Å². The molecule has 0 unspecified atom stereocenters. The minimum absolute atomic E-state index is 0.453. The van der Waals surface area contributed by atoms with Crippen molar-refractivity contribution in [2.24, 2.45) is 0 Å². The summed E-state index contributed by atoms with van der Waals surface area (Å²) in [7, 11) is 0. The van der Waals surface area contributed by atoms with Crippen LogP contribution >= 0.6 is 0 Å². The van der Waals surface area contributed by atoms with Crippen LogP contribution in [0.1, 0.15) is 44.6 Å². The first kappa shape index (κ1) is 11.7. The van der Waals surface area contributed by atoms with Crippen molar-refractivity contribution in [1.82, 2.24) is 5.32 Å². The van der Waals surface area contributed by atoms with Crippen LogP contribution in [0.5, 0.6) is 0 Å². The molecule has 1 aromatic carbocycles. The average molecular weight is 217 g/mol. The minimum Gasteiger partial charge on any atom is -0.315 e. The summed E-state index contributed by atoms with van der Waals surface area (Å²) in [6.45, 7) is 4.62. The van der Waals surface area contributed by atoms with E-state index in [4.69, 9.17) is 0 Å². The van der Waals surface area contributed by atoms with E-state index in [1.165, 1.54) is 50.8 Å². The highest BCUT2D eigenvalue weighted by Crippen LogP contribution is 2.33. The number of hydrogen-bond donors (Lipinski definition) is 1. The molecule has 88 valence electrons. The lowest BCUT2D eigenvalue weighted by atomic mass is 9.71. The number of unbranched alkanes of at least 4 members (excludes halogenated alkanes) is 3. The Balaban J connectivity index is 1.92. The predicted octanol–water partition coefficient (Wildman–Crippen LogP) is 3.50. The quantitative estimate of drug-likeness (QED) is 0.719. The maximum atomic E-state index is 3.44. The monoisotopic (exact) mass is 217 g/mol. The highest BCUT2D eigenvalue weighted by molar-refractivity contribution is 5.29. The van der Waals surface area contributed by atoms with Crippen LogP contribution in [0.3, 0.4) is 0 Å². The molecular formula is C15H23N. The van der Waals surface area contributed by atoms with Crippen molar-refractivity contribution in [3.05, 3.63) is 35.9 Å². The third-order valence-corrected chi connectivity index (χ3v) is 3.82. The lowest BCUT2D eigenvalue weighted by Crippen LogP contribution is -2.56. The molecule has 1 heterocycles. The molecule has 0 aliphatic carbocycles. The zero-order valence-electron chi connectivity index (χ0n) is 10.3. The largest absolute Gasteiger partial charge is 0.315 e. The molecule has 0 aromatic heterocycles. The van der Waals surface area contributed by atoms with E-state index in [1.54, 1.807) is 0 Å². The third kappa shape index (κ3) is 2.46. The van der Waals surface area contributed by atoms with E-state index in [1.807, 2.05) is 0 Å². The highest BCUT2D eigenvalue weighted by atomic mass is 15.0. The molecule has 0 saturated carbocycles. The Kier molecular flexibility index (Phi) is 4.00. The predicted molar refractivity (Wildman–Crippen MR) is 69.7 cm³/mol. The molecule has 1 aromatic rings. The topological polar surface area (TPSA) is 12.0 Å². The zero-order chi connectivity index (χ0) is 11.3. The molecule has 0 bridgehead atoms. The van der Waals surface area contributed by atoms with E-state index in [-0.39, 0.29) is 0 Å². The molecule has 0 amide bonds. The van der Waals surface area contributed by atoms with Gasteiger partial charge in [0.15, 0.2) is 0 Å². The van der Waals surface area contributed by atoms with Gasteiger partial charge in [-0.2, -0.15) is 0 Å². The summed E-state index contributed by atoms with van der Waals surface area (Å²) in [6, 6.07) is 11.0. The molecule has 1 N–H and O–H groups in total. The lowest BCUT2D eigenvalue weighted by molar-refractivity contribution is 0.249. The maximum Gasteiger partial charge on any atom is 0.0202 e. The second-order valence-corrected chi connectivity index (χ2v) is 5.06. The Morgan fingerprint density at radius 2 is 1.81 bits per heavy atom. The van der Waals surface area contributed by atoms with Crippen LogP contribution < -0.4 is 5.32 Å². The summed E-state index contributed by atoms with van der Waals surface area (Å²) < 4.78 is 0. The normalized spacial score (nSPS) is 18.1. The minimum atomic E-state index is 0.453. The summed E-state index contributed by atoms with van der Waals surface area (Å²) >= 11 is 0. The van der Waals surface area contributed by atoms with Crippen LogP contribution in [-0.4, -0.2) is 13.1 Å². The van der Waals surface area contributed by atoms with Crippen molar-refractivity contribution in [1.29, 1.82) is 0 Å². The van der Waals surface area contributed by atoms with Crippen molar-refractivity contribution in [2.45, 2.75) is 44.4 Å². The zero-order valence-corrected chi connectivity index (χ0v) is 10.3. The lowest BCUT2D eigenvalue weighted by Gasteiger charge is -2.43. The van der Waals surface area contributed by atoms with Crippen molar-refractivity contribution >= 4 is 0 Å². The molecule has 1 aliphatic heterocycles. The Labute approximate surface area is 99.3 Å². The second-order valence-electron chi connectivity index (χ2n) is 5.06. The van der Waals surface area contributed by atoms with Crippen molar-refractivity contribution in [2.75, 3.05) is 13.1 Å². The van der Waals surface area contributed by atoms with Crippen LogP contribution in [-0.2, 0) is 5.41 Å². The molecule has 0 radical (unpaired) electrons. The standard InChI is InChI=1S/C15H23N/c1-2-3-4-8-11-15(12-16-13-15)14-9-6-5-7-10-14/h5-7,9-10,16H,2-4,8,11-13H2,1H3. The molecule has 1 heteroatoms. The highest BCUT2D eigenvalue weighted by Gasteiger charge is 2.37. The molecule has 2 rings (SSSR count). The number of hydrogen-bond acceptors (Lipinski definition) is 1. The first-order valence-electron chi connectivity index (χ1n) is 6.64. The molecule has 1 fully saturated rings. The van der Waals surface area contributed by atoms with Gasteiger partial charge in [-0.05, 0) is 12.0 Å². The van der Waals surface area contributed by atoms with Gasteiger partial charge in [0.05, 0.1) is 0 Å². The van der Waals surface area contributed by atoms with Gasteiger partial charge in [-0.15, -0.1) is 0 Å². The third-order valence-electron chi connectivity index (χ3n) is 3.82. The van der Waals surface area contributed by atoms with Crippen LogP contribution in [0.25, 0.3) is 0 Å². The number of rotatable bonds is 6. The summed E-state index contributed by atoms with van der Waals surface area (Å²) in [4.78, 5) is 0. The number of nitrogens with one attached hydrogen (secondary N) is 1. The molecule has 1 saturated heterocycles. The van der Waals surface area contributed by atoms with Gasteiger partial charge in [0.1, 0.15) is 0 Å². The molecule has 16 heavy (non-hydrogen) atoms. The van der Waals surface area contributed by atoms with Gasteiger partial charge in [0, 0.05) is 18.5 Å². The molecule has 1 nitrogen and oxygen atoms in total. The summed E-state index contributed by atoms with van der Waals surface area (Å²) in [5, 5.41) is 3.44. The second kappa shape index (κ2) is 5.49. The van der Waals surface area contributed by atoms with Gasteiger partial charge < -0.3 is 5.32 Å². The Hall–Kier alpha value is -0.820. The van der Waals surface area contributed by atoms with Gasteiger partial charge in [-0.3, -0.25) is 0 Å². The summed E-state index contributed by atoms with van der Waals surface area (Å²) in [5.41, 5.74) is 1.99. The van der Waals surface area contributed by atoms with E-state index in [9.17, 15) is 0 Å². The van der Waals surface area contributed by atoms with E-state index in [0.29, 0.717) is 5.41 Å². The first-order valence-corrected chi connectivity index (χ1v) is 6.64. The Bertz CT molecular complexity index is 300. The van der Waals surface area contributed by atoms with Crippen molar-refractivity contribution in [3.8, 4) is 0 Å². The number of benzene rings is 1. The maximum absolute atomic E-state index is 3.44. The summed E-state index contributed by atoms with van der Waals surface area (Å²) in [5.74, 6) is 0. The van der Waals surface area contributed by atoms with E-state index in [2.05, 4.69) is 42.6 Å². The molecule has 0 atom stereocenters. The fraction of sp³-hybridized carbons (Fsp3) is 0.600. The molecule has 1 aliphatic rings. The summed E-state index contributed by atoms with van der Waals surface area (Å²) in [6.07, 6.45) is 6.84. The van der Waals surface area contributed by atoms with Gasteiger partial charge in [-0.25, -0.2) is 0 Å². The smallest absolute Gasteiger partial charge is 0.0202 e. The first-order chi connectivity index (χ1) is 7.87. The fourth-order valence-electron chi connectivity index (χ4n) is 2.63. The van der Waals surface area contributed by atoms with Gasteiger partial charge in [-0.1, -0.05) is 62.9 Å². The van der Waals surface area contributed by atoms with Gasteiger partial charge >= 0.3 is 0 Å². The van der Waals surface area contributed by atoms with Gasteiger partial charge in [0.2, 0.25) is 0 Å². The van der Waals surface area contributed by atoms with Gasteiger partial charge in [0.25, 0.3) is 0 Å². The van der Waals surface area contributed by atoms with Crippen LogP contribution in [0.15, 0.2) is 30.3 Å². The SMILES string of the molecule is CCCCCCC1(c2ccccc2)CNC1. The van der Waals surface area contributed by atoms with E-state index < -0.39 is 0 Å². The van der Waals surface area contributed by atoms with Crippen LogP contribution in [0, 0.1) is 0 Å². The van der Waals surface area contributed by atoms with Crippen molar-refractivity contribution in [3.63, 3.8) is 0 Å². The average Bonchev–Trinajstić information content (AvgIpc) is 2.28. The Morgan fingerprint density at radius 3 is 2.38 bits per heavy atom. The van der Waals surface area contributed by atoms with Crippen molar-refractivity contribution < 1.29 is 0 Å². The molecule has 0 spiro atoms. The van der Waals surface area contributed by atoms with E-state index >= 15 is 0 Å². The van der Waals surface area contributed by atoms with Crippen LogP contribution in [0.2, 0.25) is 0 Å². The van der Waals surface area contributed by atoms with Crippen LogP contribution in [0.4, 0.5) is 0 Å². The molecular weight excluding hydrogens is 194 g/mol.